The zero-order valence-corrected chi connectivity index (χ0v) is 11.9. The van der Waals surface area contributed by atoms with E-state index < -0.39 is 0 Å². The molecule has 1 N–H and O–H groups in total. The summed E-state index contributed by atoms with van der Waals surface area (Å²) in [5.41, 5.74) is 6.14. The Bertz CT molecular complexity index is 478. The van der Waals surface area contributed by atoms with Crippen LogP contribution in [0.25, 0.3) is 5.57 Å². The van der Waals surface area contributed by atoms with Crippen molar-refractivity contribution >= 4 is 5.57 Å². The molecular weight excluding hydrogens is 218 g/mol. The van der Waals surface area contributed by atoms with Gasteiger partial charge < -0.3 is 5.32 Å². The number of hydrogen-bond acceptors (Lipinski definition) is 1. The van der Waals surface area contributed by atoms with Crippen LogP contribution in [-0.2, 0) is 0 Å². The maximum Gasteiger partial charge on any atom is 0.00278 e. The van der Waals surface area contributed by atoms with Gasteiger partial charge in [-0.2, -0.15) is 0 Å². The third-order valence-electron chi connectivity index (χ3n) is 3.09. The lowest BCUT2D eigenvalue weighted by atomic mass is 9.97. The normalized spacial score (nSPS) is 12.4. The number of aryl methyl sites for hydroxylation is 1. The third kappa shape index (κ3) is 3.63. The first-order chi connectivity index (χ1) is 8.60. The standard InChI is InChI=1S/C17H23N/c1-6-16(15(4)12-18-5)11-14(3)17-10-8-7-9-13(17)2/h7-12,18H,3,6H2,1-2,4-5H3/b15-12-,16-11-. The second-order valence-corrected chi connectivity index (χ2v) is 4.48. The number of rotatable bonds is 5. The monoisotopic (exact) mass is 241 g/mol. The largest absolute Gasteiger partial charge is 0.394 e. The zero-order valence-electron chi connectivity index (χ0n) is 11.9. The van der Waals surface area contributed by atoms with Gasteiger partial charge in [0.1, 0.15) is 0 Å². The van der Waals surface area contributed by atoms with Crippen LogP contribution in [0.15, 0.2) is 54.3 Å². The summed E-state index contributed by atoms with van der Waals surface area (Å²) in [5.74, 6) is 0. The molecule has 0 aliphatic heterocycles. The van der Waals surface area contributed by atoms with Crippen LogP contribution in [0.1, 0.15) is 31.4 Å². The molecule has 0 aromatic heterocycles. The number of allylic oxidation sites excluding steroid dienone is 4. The van der Waals surface area contributed by atoms with E-state index in [9.17, 15) is 0 Å². The molecule has 0 saturated heterocycles. The molecule has 0 spiro atoms. The van der Waals surface area contributed by atoms with Crippen molar-refractivity contribution in [2.75, 3.05) is 7.05 Å². The fraction of sp³-hybridized carbons (Fsp3) is 0.294. The highest BCUT2D eigenvalue weighted by molar-refractivity contribution is 5.75. The molecule has 0 aliphatic rings. The quantitative estimate of drug-likeness (QED) is 0.750. The smallest absolute Gasteiger partial charge is 0.00278 e. The van der Waals surface area contributed by atoms with Gasteiger partial charge in [-0.05, 0) is 54.3 Å². The van der Waals surface area contributed by atoms with E-state index in [0.29, 0.717) is 0 Å². The van der Waals surface area contributed by atoms with E-state index in [4.69, 9.17) is 0 Å². The van der Waals surface area contributed by atoms with Gasteiger partial charge in [-0.15, -0.1) is 0 Å². The molecule has 1 nitrogen and oxygen atoms in total. The van der Waals surface area contributed by atoms with Crippen LogP contribution in [0.2, 0.25) is 0 Å². The predicted octanol–water partition coefficient (Wildman–Crippen LogP) is 4.47. The molecule has 0 fully saturated rings. The van der Waals surface area contributed by atoms with Crippen LogP contribution in [0.4, 0.5) is 0 Å². The first-order valence-electron chi connectivity index (χ1n) is 6.40. The Kier molecular flexibility index (Phi) is 5.44. The van der Waals surface area contributed by atoms with Gasteiger partial charge in [0.15, 0.2) is 0 Å². The average molecular weight is 241 g/mol. The molecule has 1 aromatic carbocycles. The molecule has 0 aliphatic carbocycles. The van der Waals surface area contributed by atoms with Crippen molar-refractivity contribution in [1.29, 1.82) is 0 Å². The van der Waals surface area contributed by atoms with Crippen LogP contribution in [0, 0.1) is 6.92 Å². The first-order valence-corrected chi connectivity index (χ1v) is 6.40. The molecule has 0 unspecified atom stereocenters. The van der Waals surface area contributed by atoms with Gasteiger partial charge in [-0.25, -0.2) is 0 Å². The molecule has 0 saturated carbocycles. The lowest BCUT2D eigenvalue weighted by molar-refractivity contribution is 1.04. The molecule has 0 radical (unpaired) electrons. The molecule has 1 rings (SSSR count). The fourth-order valence-corrected chi connectivity index (χ4v) is 2.03. The molecule has 0 atom stereocenters. The minimum Gasteiger partial charge on any atom is -0.394 e. The third-order valence-corrected chi connectivity index (χ3v) is 3.09. The Morgan fingerprint density at radius 1 is 1.33 bits per heavy atom. The van der Waals surface area contributed by atoms with Gasteiger partial charge in [-0.1, -0.05) is 43.8 Å². The zero-order chi connectivity index (χ0) is 13.5. The SMILES string of the molecule is C=C(/C=C(CC)\C(C)=C/NC)c1ccccc1C. The van der Waals surface area contributed by atoms with Gasteiger partial charge in [0, 0.05) is 7.05 Å². The van der Waals surface area contributed by atoms with Crippen LogP contribution in [-0.4, -0.2) is 7.05 Å². The summed E-state index contributed by atoms with van der Waals surface area (Å²) in [6.45, 7) is 10.6. The minimum atomic E-state index is 1.01. The van der Waals surface area contributed by atoms with Crippen LogP contribution < -0.4 is 5.32 Å². The first kappa shape index (κ1) is 14.3. The Balaban J connectivity index is 3.04. The lowest BCUT2D eigenvalue weighted by Gasteiger charge is -2.09. The van der Waals surface area contributed by atoms with E-state index >= 15 is 0 Å². The molecule has 18 heavy (non-hydrogen) atoms. The van der Waals surface area contributed by atoms with Crippen molar-refractivity contribution in [2.45, 2.75) is 27.2 Å². The van der Waals surface area contributed by atoms with Crippen molar-refractivity contribution in [3.05, 3.63) is 65.4 Å². The van der Waals surface area contributed by atoms with E-state index in [1.807, 2.05) is 13.2 Å². The summed E-state index contributed by atoms with van der Waals surface area (Å²) in [5, 5.41) is 3.07. The Morgan fingerprint density at radius 3 is 2.56 bits per heavy atom. The van der Waals surface area contributed by atoms with Gasteiger partial charge in [0.2, 0.25) is 0 Å². The average Bonchev–Trinajstić information content (AvgIpc) is 2.36. The Hall–Kier alpha value is -1.76. The maximum atomic E-state index is 4.19. The van der Waals surface area contributed by atoms with Crippen molar-refractivity contribution < 1.29 is 0 Å². The highest BCUT2D eigenvalue weighted by Crippen LogP contribution is 2.23. The molecular formula is C17H23N. The van der Waals surface area contributed by atoms with E-state index in [2.05, 4.69) is 63.0 Å². The van der Waals surface area contributed by atoms with E-state index in [0.717, 1.165) is 12.0 Å². The molecule has 1 aromatic rings. The summed E-state index contributed by atoms with van der Waals surface area (Å²) < 4.78 is 0. The number of nitrogens with one attached hydrogen (secondary N) is 1. The summed E-state index contributed by atoms with van der Waals surface area (Å²) in [7, 11) is 1.92. The number of hydrogen-bond donors (Lipinski definition) is 1. The van der Waals surface area contributed by atoms with E-state index in [-0.39, 0.29) is 0 Å². The molecule has 96 valence electrons. The highest BCUT2D eigenvalue weighted by atomic mass is 14.8. The highest BCUT2D eigenvalue weighted by Gasteiger charge is 2.02. The fourth-order valence-electron chi connectivity index (χ4n) is 2.03. The van der Waals surface area contributed by atoms with Crippen LogP contribution in [0.5, 0.6) is 0 Å². The van der Waals surface area contributed by atoms with E-state index in [1.165, 1.54) is 22.3 Å². The van der Waals surface area contributed by atoms with E-state index in [1.54, 1.807) is 0 Å². The van der Waals surface area contributed by atoms with Gasteiger partial charge in [0.25, 0.3) is 0 Å². The van der Waals surface area contributed by atoms with Crippen LogP contribution in [0.3, 0.4) is 0 Å². The molecule has 1 heteroatoms. The van der Waals surface area contributed by atoms with Gasteiger partial charge in [0.05, 0.1) is 0 Å². The summed E-state index contributed by atoms with van der Waals surface area (Å²) in [6.07, 6.45) is 5.22. The summed E-state index contributed by atoms with van der Waals surface area (Å²) in [6, 6.07) is 8.36. The minimum absolute atomic E-state index is 1.01. The van der Waals surface area contributed by atoms with Crippen molar-refractivity contribution in [2.24, 2.45) is 0 Å². The molecule has 0 heterocycles. The van der Waals surface area contributed by atoms with Gasteiger partial charge in [-0.3, -0.25) is 0 Å². The Morgan fingerprint density at radius 2 is 2.00 bits per heavy atom. The predicted molar refractivity (Wildman–Crippen MR) is 81.4 cm³/mol. The second kappa shape index (κ2) is 6.85. The number of benzene rings is 1. The maximum absolute atomic E-state index is 4.19. The van der Waals surface area contributed by atoms with Crippen LogP contribution >= 0.6 is 0 Å². The molecule has 0 bridgehead atoms. The lowest BCUT2D eigenvalue weighted by Crippen LogP contribution is -1.97. The Labute approximate surface area is 111 Å². The van der Waals surface area contributed by atoms with Crippen molar-refractivity contribution in [3.63, 3.8) is 0 Å². The summed E-state index contributed by atoms with van der Waals surface area (Å²) >= 11 is 0. The van der Waals surface area contributed by atoms with Crippen molar-refractivity contribution in [3.8, 4) is 0 Å². The topological polar surface area (TPSA) is 12.0 Å². The second-order valence-electron chi connectivity index (χ2n) is 4.48. The molecule has 0 amide bonds. The summed E-state index contributed by atoms with van der Waals surface area (Å²) in [4.78, 5) is 0. The van der Waals surface area contributed by atoms with Crippen molar-refractivity contribution in [1.82, 2.24) is 5.32 Å². The van der Waals surface area contributed by atoms with Gasteiger partial charge >= 0.3 is 0 Å².